The van der Waals surface area contributed by atoms with E-state index in [1.807, 2.05) is 0 Å². The quantitative estimate of drug-likeness (QED) is 0.535. The van der Waals surface area contributed by atoms with E-state index < -0.39 is 27.9 Å². The first kappa shape index (κ1) is 16.9. The number of rotatable bonds is 6. The van der Waals surface area contributed by atoms with E-state index in [9.17, 15) is 18.0 Å². The van der Waals surface area contributed by atoms with Crippen LogP contribution in [0.25, 0.3) is 0 Å². The summed E-state index contributed by atoms with van der Waals surface area (Å²) in [5.74, 6) is -1.68. The van der Waals surface area contributed by atoms with Gasteiger partial charge in [0.15, 0.2) is 0 Å². The van der Waals surface area contributed by atoms with Gasteiger partial charge in [-0.05, 0) is 32.0 Å². The standard InChI is InChI=1S/C12H17N3O5S/c1-3-14-11(16)7(2)15-21(19,20)10-5-4-8(12(17)18)6-9(10)13/h4-7,15H,3,13H2,1-2H3,(H,14,16)(H,17,18). The number of carbonyl (C=O) groups excluding carboxylic acids is 1. The number of carboxylic acid groups (broad SMARTS) is 1. The van der Waals surface area contributed by atoms with Crippen molar-refractivity contribution in [3.63, 3.8) is 0 Å². The monoisotopic (exact) mass is 315 g/mol. The van der Waals surface area contributed by atoms with Crippen LogP contribution in [0.3, 0.4) is 0 Å². The third kappa shape index (κ3) is 4.17. The highest BCUT2D eigenvalue weighted by Crippen LogP contribution is 2.20. The predicted molar refractivity (Wildman–Crippen MR) is 76.3 cm³/mol. The van der Waals surface area contributed by atoms with Crippen molar-refractivity contribution in [1.29, 1.82) is 0 Å². The van der Waals surface area contributed by atoms with E-state index in [0.29, 0.717) is 6.54 Å². The van der Waals surface area contributed by atoms with E-state index in [1.54, 1.807) is 6.92 Å². The number of benzene rings is 1. The summed E-state index contributed by atoms with van der Waals surface area (Å²) in [7, 11) is -4.02. The smallest absolute Gasteiger partial charge is 0.335 e. The van der Waals surface area contributed by atoms with Gasteiger partial charge in [-0.1, -0.05) is 0 Å². The summed E-state index contributed by atoms with van der Waals surface area (Å²) in [5, 5.41) is 11.3. The Labute approximate surface area is 122 Å². The van der Waals surface area contributed by atoms with Gasteiger partial charge in [0, 0.05) is 6.54 Å². The molecule has 5 N–H and O–H groups in total. The van der Waals surface area contributed by atoms with Crippen LogP contribution in [0.4, 0.5) is 5.69 Å². The highest BCUT2D eigenvalue weighted by molar-refractivity contribution is 7.89. The van der Waals surface area contributed by atoms with Crippen molar-refractivity contribution < 1.29 is 23.1 Å². The summed E-state index contributed by atoms with van der Waals surface area (Å²) in [6.07, 6.45) is 0. The molecule has 9 heteroatoms. The fourth-order valence-corrected chi connectivity index (χ4v) is 2.92. The first-order chi connectivity index (χ1) is 9.69. The largest absolute Gasteiger partial charge is 0.478 e. The molecular formula is C12H17N3O5S. The number of likely N-dealkylation sites (N-methyl/N-ethyl adjacent to an activating group) is 1. The van der Waals surface area contributed by atoms with Gasteiger partial charge in [0.1, 0.15) is 4.90 Å². The van der Waals surface area contributed by atoms with Gasteiger partial charge in [0.25, 0.3) is 0 Å². The van der Waals surface area contributed by atoms with E-state index in [-0.39, 0.29) is 16.1 Å². The molecular weight excluding hydrogens is 298 g/mol. The number of aromatic carboxylic acids is 1. The zero-order valence-corrected chi connectivity index (χ0v) is 12.4. The molecule has 0 bridgehead atoms. The molecule has 1 unspecified atom stereocenters. The summed E-state index contributed by atoms with van der Waals surface area (Å²) in [6, 6.07) is 2.29. The van der Waals surface area contributed by atoms with Crippen LogP contribution in [0.1, 0.15) is 24.2 Å². The Kier molecular flexibility index (Phi) is 5.28. The SMILES string of the molecule is CCNC(=O)C(C)NS(=O)(=O)c1ccc(C(=O)O)cc1N. The number of nitrogens with one attached hydrogen (secondary N) is 2. The number of amides is 1. The zero-order valence-electron chi connectivity index (χ0n) is 11.6. The maximum Gasteiger partial charge on any atom is 0.335 e. The molecule has 1 aromatic carbocycles. The normalized spacial score (nSPS) is 12.7. The Balaban J connectivity index is 3.03. The topological polar surface area (TPSA) is 139 Å². The molecule has 0 fully saturated rings. The Morgan fingerprint density at radius 3 is 2.48 bits per heavy atom. The molecule has 1 rings (SSSR count). The van der Waals surface area contributed by atoms with Crippen molar-refractivity contribution in [1.82, 2.24) is 10.0 Å². The molecule has 0 spiro atoms. The molecule has 0 saturated carbocycles. The highest BCUT2D eigenvalue weighted by atomic mass is 32.2. The molecule has 0 aromatic heterocycles. The van der Waals surface area contributed by atoms with Crippen molar-refractivity contribution in [3.05, 3.63) is 23.8 Å². The van der Waals surface area contributed by atoms with E-state index in [4.69, 9.17) is 10.8 Å². The fourth-order valence-electron chi connectivity index (χ4n) is 1.60. The lowest BCUT2D eigenvalue weighted by atomic mass is 10.2. The summed E-state index contributed by atoms with van der Waals surface area (Å²) in [5.41, 5.74) is 5.25. The minimum absolute atomic E-state index is 0.122. The van der Waals surface area contributed by atoms with Gasteiger partial charge in [-0.25, -0.2) is 13.2 Å². The summed E-state index contributed by atoms with van der Waals surface area (Å²) in [4.78, 5) is 22.0. The molecule has 0 saturated heterocycles. The van der Waals surface area contributed by atoms with Crippen LogP contribution < -0.4 is 15.8 Å². The number of nitrogen functional groups attached to an aromatic ring is 1. The lowest BCUT2D eigenvalue weighted by molar-refractivity contribution is -0.122. The molecule has 1 atom stereocenters. The van der Waals surface area contributed by atoms with Crippen molar-refractivity contribution in [2.24, 2.45) is 0 Å². The van der Waals surface area contributed by atoms with Gasteiger partial charge in [0.2, 0.25) is 15.9 Å². The average Bonchev–Trinajstić information content (AvgIpc) is 2.37. The Bertz CT molecular complexity index is 657. The van der Waals surface area contributed by atoms with Crippen LogP contribution in [0.5, 0.6) is 0 Å². The predicted octanol–water partition coefficient (Wildman–Crippen LogP) is -0.230. The molecule has 0 aliphatic carbocycles. The van der Waals surface area contributed by atoms with Crippen LogP contribution in [-0.4, -0.2) is 38.0 Å². The van der Waals surface area contributed by atoms with Gasteiger partial charge < -0.3 is 16.2 Å². The summed E-state index contributed by atoms with van der Waals surface area (Å²) in [6.45, 7) is 3.48. The number of hydrogen-bond donors (Lipinski definition) is 4. The Morgan fingerprint density at radius 2 is 2.00 bits per heavy atom. The minimum atomic E-state index is -4.02. The Hall–Kier alpha value is -2.13. The van der Waals surface area contributed by atoms with Gasteiger partial charge in [0.05, 0.1) is 17.3 Å². The number of anilines is 1. The van der Waals surface area contributed by atoms with Crippen LogP contribution in [0.2, 0.25) is 0 Å². The number of hydrogen-bond acceptors (Lipinski definition) is 5. The fraction of sp³-hybridized carbons (Fsp3) is 0.333. The average molecular weight is 315 g/mol. The maximum absolute atomic E-state index is 12.1. The van der Waals surface area contributed by atoms with E-state index >= 15 is 0 Å². The van der Waals surface area contributed by atoms with Crippen LogP contribution >= 0.6 is 0 Å². The second-order valence-electron chi connectivity index (χ2n) is 4.30. The van der Waals surface area contributed by atoms with Gasteiger partial charge >= 0.3 is 5.97 Å². The molecule has 21 heavy (non-hydrogen) atoms. The van der Waals surface area contributed by atoms with Crippen molar-refractivity contribution in [3.8, 4) is 0 Å². The van der Waals surface area contributed by atoms with Gasteiger partial charge in [-0.2, -0.15) is 4.72 Å². The molecule has 0 aliphatic rings. The molecule has 0 radical (unpaired) electrons. The first-order valence-corrected chi connectivity index (χ1v) is 7.60. The summed E-state index contributed by atoms with van der Waals surface area (Å²) >= 11 is 0. The van der Waals surface area contributed by atoms with E-state index in [1.165, 1.54) is 6.92 Å². The van der Waals surface area contributed by atoms with Crippen molar-refractivity contribution in [2.45, 2.75) is 24.8 Å². The highest BCUT2D eigenvalue weighted by Gasteiger charge is 2.24. The maximum atomic E-state index is 12.1. The van der Waals surface area contributed by atoms with E-state index in [0.717, 1.165) is 18.2 Å². The molecule has 116 valence electrons. The third-order valence-electron chi connectivity index (χ3n) is 2.62. The lowest BCUT2D eigenvalue weighted by Crippen LogP contribution is -2.44. The van der Waals surface area contributed by atoms with E-state index in [2.05, 4.69) is 10.0 Å². The second kappa shape index (κ2) is 6.55. The Morgan fingerprint density at radius 1 is 1.38 bits per heavy atom. The van der Waals surface area contributed by atoms with Crippen LogP contribution in [0.15, 0.2) is 23.1 Å². The van der Waals surface area contributed by atoms with Gasteiger partial charge in [-0.15, -0.1) is 0 Å². The number of sulfonamides is 1. The number of nitrogens with two attached hydrogens (primary N) is 1. The third-order valence-corrected chi connectivity index (χ3v) is 4.24. The number of carbonyl (C=O) groups is 2. The molecule has 1 amide bonds. The lowest BCUT2D eigenvalue weighted by Gasteiger charge is -2.15. The molecule has 0 aliphatic heterocycles. The number of carboxylic acids is 1. The zero-order chi connectivity index (χ0) is 16.2. The van der Waals surface area contributed by atoms with Crippen molar-refractivity contribution in [2.75, 3.05) is 12.3 Å². The minimum Gasteiger partial charge on any atom is -0.478 e. The summed E-state index contributed by atoms with van der Waals surface area (Å²) < 4.78 is 26.4. The van der Waals surface area contributed by atoms with Crippen LogP contribution in [0, 0.1) is 0 Å². The second-order valence-corrected chi connectivity index (χ2v) is 5.98. The first-order valence-electron chi connectivity index (χ1n) is 6.12. The van der Waals surface area contributed by atoms with Gasteiger partial charge in [-0.3, -0.25) is 4.79 Å². The molecule has 0 heterocycles. The van der Waals surface area contributed by atoms with Crippen molar-refractivity contribution >= 4 is 27.6 Å². The molecule has 8 nitrogen and oxygen atoms in total. The molecule has 1 aromatic rings. The van der Waals surface area contributed by atoms with Crippen LogP contribution in [-0.2, 0) is 14.8 Å².